The number of likely N-dealkylation sites (tertiary alicyclic amines) is 1. The van der Waals surface area contributed by atoms with Gasteiger partial charge in [0.25, 0.3) is 5.91 Å². The van der Waals surface area contributed by atoms with E-state index >= 15 is 0 Å². The zero-order valence-electron chi connectivity index (χ0n) is 13.3. The molecular weight excluding hydrogens is 280 g/mol. The average Bonchev–Trinajstić information content (AvgIpc) is 2.53. The van der Waals surface area contributed by atoms with E-state index in [1.54, 1.807) is 0 Å². The van der Waals surface area contributed by atoms with Gasteiger partial charge in [0.05, 0.1) is 0 Å². The van der Waals surface area contributed by atoms with Gasteiger partial charge in [-0.2, -0.15) is 0 Å². The SMILES string of the molecule is CNC(=O)COC(=O)[C@H]1CCCCN1Cc1cccc(C)c1. The molecule has 0 aromatic heterocycles. The molecule has 1 fully saturated rings. The molecule has 0 unspecified atom stereocenters. The molecule has 2 rings (SSSR count). The van der Waals surface area contributed by atoms with Crippen molar-refractivity contribution in [1.29, 1.82) is 0 Å². The Kier molecular flexibility index (Phi) is 5.95. The normalized spacial score (nSPS) is 18.7. The topological polar surface area (TPSA) is 58.6 Å². The molecular formula is C17H24N2O3. The lowest BCUT2D eigenvalue weighted by atomic mass is 10.0. The number of benzene rings is 1. The smallest absolute Gasteiger partial charge is 0.323 e. The van der Waals surface area contributed by atoms with Crippen LogP contribution >= 0.6 is 0 Å². The summed E-state index contributed by atoms with van der Waals surface area (Å²) in [7, 11) is 1.53. The van der Waals surface area contributed by atoms with Crippen LogP contribution in [0.2, 0.25) is 0 Å². The third kappa shape index (κ3) is 4.56. The number of carbonyl (C=O) groups excluding carboxylic acids is 2. The fourth-order valence-electron chi connectivity index (χ4n) is 2.80. The highest BCUT2D eigenvalue weighted by molar-refractivity contribution is 5.82. The summed E-state index contributed by atoms with van der Waals surface area (Å²) in [5, 5.41) is 2.45. The van der Waals surface area contributed by atoms with E-state index in [0.717, 1.165) is 32.4 Å². The van der Waals surface area contributed by atoms with Crippen LogP contribution in [-0.4, -0.2) is 43.0 Å². The molecule has 1 aliphatic heterocycles. The molecule has 0 saturated carbocycles. The van der Waals surface area contributed by atoms with Crippen LogP contribution in [0.5, 0.6) is 0 Å². The van der Waals surface area contributed by atoms with Gasteiger partial charge in [-0.1, -0.05) is 36.2 Å². The van der Waals surface area contributed by atoms with Crippen molar-refractivity contribution in [3.05, 3.63) is 35.4 Å². The van der Waals surface area contributed by atoms with Gasteiger partial charge < -0.3 is 10.1 Å². The van der Waals surface area contributed by atoms with E-state index < -0.39 is 0 Å². The first kappa shape index (κ1) is 16.5. The van der Waals surface area contributed by atoms with Crippen LogP contribution in [0.25, 0.3) is 0 Å². The number of carbonyl (C=O) groups is 2. The summed E-state index contributed by atoms with van der Waals surface area (Å²) in [6.45, 7) is 3.48. The Morgan fingerprint density at radius 3 is 2.91 bits per heavy atom. The lowest BCUT2D eigenvalue weighted by Gasteiger charge is -2.34. The van der Waals surface area contributed by atoms with E-state index in [4.69, 9.17) is 4.74 Å². The molecule has 5 nitrogen and oxygen atoms in total. The Morgan fingerprint density at radius 2 is 2.18 bits per heavy atom. The van der Waals surface area contributed by atoms with Gasteiger partial charge in [-0.3, -0.25) is 14.5 Å². The number of aryl methyl sites for hydroxylation is 1. The standard InChI is InChI=1S/C17H24N2O3/c1-13-6-5-7-14(10-13)11-19-9-4-3-8-15(19)17(21)22-12-16(20)18-2/h5-7,10,15H,3-4,8-9,11-12H2,1-2H3,(H,18,20)/t15-/m1/s1. The van der Waals surface area contributed by atoms with Crippen molar-refractivity contribution < 1.29 is 14.3 Å². The Labute approximate surface area is 131 Å². The van der Waals surface area contributed by atoms with Gasteiger partial charge in [0.1, 0.15) is 6.04 Å². The Morgan fingerprint density at radius 1 is 1.36 bits per heavy atom. The van der Waals surface area contributed by atoms with E-state index in [9.17, 15) is 9.59 Å². The van der Waals surface area contributed by atoms with Crippen molar-refractivity contribution >= 4 is 11.9 Å². The number of esters is 1. The van der Waals surface area contributed by atoms with Gasteiger partial charge in [0.15, 0.2) is 6.61 Å². The van der Waals surface area contributed by atoms with Crippen LogP contribution in [0.1, 0.15) is 30.4 Å². The second-order valence-electron chi connectivity index (χ2n) is 5.75. The van der Waals surface area contributed by atoms with Crippen molar-refractivity contribution in [2.75, 3.05) is 20.2 Å². The summed E-state index contributed by atoms with van der Waals surface area (Å²) in [4.78, 5) is 25.6. The quantitative estimate of drug-likeness (QED) is 0.840. The number of piperidine rings is 1. The maximum atomic E-state index is 12.2. The largest absolute Gasteiger partial charge is 0.454 e. The van der Waals surface area contributed by atoms with Gasteiger partial charge in [-0.25, -0.2) is 0 Å². The molecule has 1 N–H and O–H groups in total. The molecule has 1 amide bonds. The minimum Gasteiger partial charge on any atom is -0.454 e. The van der Waals surface area contributed by atoms with Crippen molar-refractivity contribution in [2.45, 2.75) is 38.8 Å². The van der Waals surface area contributed by atoms with E-state index in [-0.39, 0.29) is 24.5 Å². The molecule has 0 aliphatic carbocycles. The predicted molar refractivity (Wildman–Crippen MR) is 84.3 cm³/mol. The van der Waals surface area contributed by atoms with E-state index in [1.807, 2.05) is 6.07 Å². The van der Waals surface area contributed by atoms with Gasteiger partial charge in [0, 0.05) is 13.6 Å². The molecule has 0 radical (unpaired) electrons. The average molecular weight is 304 g/mol. The summed E-state index contributed by atoms with van der Waals surface area (Å²) in [6, 6.07) is 8.07. The highest BCUT2D eigenvalue weighted by Gasteiger charge is 2.30. The minimum atomic E-state index is -0.295. The lowest BCUT2D eigenvalue weighted by Crippen LogP contribution is -2.45. The Bertz CT molecular complexity index is 530. The number of rotatable bonds is 5. The van der Waals surface area contributed by atoms with Crippen molar-refractivity contribution in [3.63, 3.8) is 0 Å². The Hall–Kier alpha value is -1.88. The summed E-state index contributed by atoms with van der Waals surface area (Å²) >= 11 is 0. The molecule has 22 heavy (non-hydrogen) atoms. The first-order valence-electron chi connectivity index (χ1n) is 7.77. The first-order valence-corrected chi connectivity index (χ1v) is 7.77. The van der Waals surface area contributed by atoms with Crippen LogP contribution in [0.3, 0.4) is 0 Å². The maximum absolute atomic E-state index is 12.2. The zero-order chi connectivity index (χ0) is 15.9. The van der Waals surface area contributed by atoms with Crippen LogP contribution in [0, 0.1) is 6.92 Å². The van der Waals surface area contributed by atoms with E-state index in [0.29, 0.717) is 0 Å². The molecule has 120 valence electrons. The highest BCUT2D eigenvalue weighted by Crippen LogP contribution is 2.21. The van der Waals surface area contributed by atoms with Gasteiger partial charge in [-0.05, 0) is 31.9 Å². The lowest BCUT2D eigenvalue weighted by molar-refractivity contribution is -0.155. The maximum Gasteiger partial charge on any atom is 0.323 e. The number of ether oxygens (including phenoxy) is 1. The van der Waals surface area contributed by atoms with Crippen LogP contribution in [0.4, 0.5) is 0 Å². The number of nitrogens with zero attached hydrogens (tertiary/aromatic N) is 1. The summed E-state index contributed by atoms with van der Waals surface area (Å²) in [5.74, 6) is -0.578. The van der Waals surface area contributed by atoms with Crippen molar-refractivity contribution in [2.24, 2.45) is 0 Å². The molecule has 1 atom stereocenters. The van der Waals surface area contributed by atoms with Crippen molar-refractivity contribution in [3.8, 4) is 0 Å². The molecule has 1 aromatic carbocycles. The molecule has 5 heteroatoms. The summed E-state index contributed by atoms with van der Waals surface area (Å²) in [5.41, 5.74) is 2.42. The summed E-state index contributed by atoms with van der Waals surface area (Å²) in [6.07, 6.45) is 2.90. The molecule has 1 aliphatic rings. The molecule has 0 spiro atoms. The number of nitrogens with one attached hydrogen (secondary N) is 1. The highest BCUT2D eigenvalue weighted by atomic mass is 16.5. The third-order valence-electron chi connectivity index (χ3n) is 3.98. The monoisotopic (exact) mass is 304 g/mol. The molecule has 1 heterocycles. The van der Waals surface area contributed by atoms with Gasteiger partial charge in [-0.15, -0.1) is 0 Å². The van der Waals surface area contributed by atoms with Gasteiger partial charge >= 0.3 is 5.97 Å². The van der Waals surface area contributed by atoms with Crippen LogP contribution in [0.15, 0.2) is 24.3 Å². The second kappa shape index (κ2) is 7.94. The van der Waals surface area contributed by atoms with E-state index in [2.05, 4.69) is 35.3 Å². The molecule has 1 aromatic rings. The number of hydrogen-bond donors (Lipinski definition) is 1. The predicted octanol–water partition coefficient (Wildman–Crippen LogP) is 1.64. The number of likely N-dealkylation sites (N-methyl/N-ethyl adjacent to an activating group) is 1. The van der Waals surface area contributed by atoms with Crippen LogP contribution < -0.4 is 5.32 Å². The third-order valence-corrected chi connectivity index (χ3v) is 3.98. The number of amides is 1. The fourth-order valence-corrected chi connectivity index (χ4v) is 2.80. The Balaban J connectivity index is 1.98. The summed E-state index contributed by atoms with van der Waals surface area (Å²) < 4.78 is 5.13. The minimum absolute atomic E-state index is 0.204. The molecule has 1 saturated heterocycles. The molecule has 0 bridgehead atoms. The second-order valence-corrected chi connectivity index (χ2v) is 5.75. The van der Waals surface area contributed by atoms with Crippen molar-refractivity contribution in [1.82, 2.24) is 10.2 Å². The van der Waals surface area contributed by atoms with Gasteiger partial charge in [0.2, 0.25) is 0 Å². The first-order chi connectivity index (χ1) is 10.6. The fraction of sp³-hybridized carbons (Fsp3) is 0.529. The number of hydrogen-bond acceptors (Lipinski definition) is 4. The zero-order valence-corrected chi connectivity index (χ0v) is 13.3. The van der Waals surface area contributed by atoms with Crippen LogP contribution in [-0.2, 0) is 20.9 Å². The van der Waals surface area contributed by atoms with E-state index in [1.165, 1.54) is 18.2 Å².